The third kappa shape index (κ3) is 6.96. The Kier molecular flexibility index (Phi) is 9.98. The first-order valence-corrected chi connectivity index (χ1v) is 16.3. The number of piperidine rings is 1. The predicted molar refractivity (Wildman–Crippen MR) is 158 cm³/mol. The van der Waals surface area contributed by atoms with Crippen LogP contribution in [0.4, 0.5) is 8.78 Å². The van der Waals surface area contributed by atoms with Crippen LogP contribution in [-0.2, 0) is 10.0 Å². The Balaban J connectivity index is 1.39. The first-order chi connectivity index (χ1) is 18.5. The smallest absolute Gasteiger partial charge is 0.266 e. The van der Waals surface area contributed by atoms with Gasteiger partial charge in [-0.25, -0.2) is 21.5 Å². The fraction of sp³-hybridized carbons (Fsp3) is 0.778. The van der Waals surface area contributed by atoms with E-state index in [0.29, 0.717) is 31.8 Å². The molecule has 1 aliphatic carbocycles. The largest absolute Gasteiger partial charge is 0.295 e. The van der Waals surface area contributed by atoms with Crippen LogP contribution in [0.25, 0.3) is 0 Å². The molecule has 0 aromatic carbocycles. The van der Waals surface area contributed by atoms with Crippen LogP contribution in [0.5, 0.6) is 0 Å². The molecule has 1 N–H and O–H groups in total. The van der Waals surface area contributed by atoms with Gasteiger partial charge in [-0.15, -0.1) is 18.2 Å². The lowest BCUT2D eigenvalue weighted by Gasteiger charge is -2.41. The lowest BCUT2D eigenvalue weighted by atomic mass is 9.83. The monoisotopic (exact) mass is 585 g/mol. The van der Waals surface area contributed by atoms with Gasteiger partial charge < -0.3 is 0 Å². The topological polar surface area (TPSA) is 77.4 Å². The summed E-state index contributed by atoms with van der Waals surface area (Å²) < 4.78 is 55.9. The summed E-state index contributed by atoms with van der Waals surface area (Å²) in [6.45, 7) is 8.60. The lowest BCUT2D eigenvalue weighted by Crippen LogP contribution is -2.53. The van der Waals surface area contributed by atoms with Crippen molar-refractivity contribution in [2.75, 3.05) is 19.6 Å². The molecule has 218 valence electrons. The lowest BCUT2D eigenvalue weighted by molar-refractivity contribution is 0.0579. The van der Waals surface area contributed by atoms with Crippen molar-refractivity contribution in [1.29, 1.82) is 0 Å². The van der Waals surface area contributed by atoms with Gasteiger partial charge in [0.2, 0.25) is 10.0 Å². The minimum atomic E-state index is -3.70. The molecule has 0 aromatic rings. The molecule has 0 aromatic heterocycles. The number of alkyl halides is 3. The van der Waals surface area contributed by atoms with Crippen LogP contribution in [0.3, 0.4) is 0 Å². The third-order valence-corrected chi connectivity index (χ3v) is 11.8. The molecule has 39 heavy (non-hydrogen) atoms. The summed E-state index contributed by atoms with van der Waals surface area (Å²) in [5.41, 5.74) is 1.07. The summed E-state index contributed by atoms with van der Waals surface area (Å²) in [6.07, 6.45) is 10.6. The Hall–Kier alpha value is -1.30. The van der Waals surface area contributed by atoms with Gasteiger partial charge in [0.25, 0.3) is 5.92 Å². The number of allylic oxidation sites excluding steroid dienone is 3. The predicted octanol–water partition coefficient (Wildman–Crippen LogP) is 4.18. The van der Waals surface area contributed by atoms with Crippen molar-refractivity contribution >= 4 is 41.4 Å². The fourth-order valence-corrected chi connectivity index (χ4v) is 8.77. The van der Waals surface area contributed by atoms with Gasteiger partial charge >= 0.3 is 0 Å². The maximum absolute atomic E-state index is 13.8. The Morgan fingerprint density at radius 1 is 1.33 bits per heavy atom. The maximum Gasteiger partial charge on any atom is 0.266 e. The normalized spacial score (nSPS) is 31.5. The van der Waals surface area contributed by atoms with Gasteiger partial charge in [-0.2, -0.15) is 5.10 Å². The van der Waals surface area contributed by atoms with Crippen molar-refractivity contribution in [3.8, 4) is 0 Å². The van der Waals surface area contributed by atoms with Gasteiger partial charge in [-0.1, -0.05) is 25.5 Å². The van der Waals surface area contributed by atoms with E-state index in [1.54, 1.807) is 0 Å². The second-order valence-electron chi connectivity index (χ2n) is 11.6. The summed E-state index contributed by atoms with van der Waals surface area (Å²) in [4.78, 5) is 5.11. The molecular weight excluding hydrogens is 543 g/mol. The molecule has 0 radical (unpaired) electrons. The number of sulfonamides is 1. The van der Waals surface area contributed by atoms with Crippen LogP contribution >= 0.6 is 11.6 Å². The van der Waals surface area contributed by atoms with Gasteiger partial charge in [0.05, 0.1) is 10.6 Å². The minimum absolute atomic E-state index is 0.0240. The summed E-state index contributed by atoms with van der Waals surface area (Å²) in [6, 6.07) is 0. The van der Waals surface area contributed by atoms with Gasteiger partial charge in [-0.05, 0) is 62.5 Å². The first-order valence-electron chi connectivity index (χ1n) is 14.4. The van der Waals surface area contributed by atoms with Crippen molar-refractivity contribution in [1.82, 2.24) is 14.6 Å². The van der Waals surface area contributed by atoms with Crippen molar-refractivity contribution in [2.24, 2.45) is 21.9 Å². The molecule has 6 atom stereocenters. The molecule has 6 unspecified atom stereocenters. The van der Waals surface area contributed by atoms with Crippen LogP contribution in [-0.4, -0.2) is 86.0 Å². The molecule has 1 saturated heterocycles. The number of hydrogen-bond donors (Lipinski definition) is 1. The highest BCUT2D eigenvalue weighted by molar-refractivity contribution is 7.89. The van der Waals surface area contributed by atoms with Crippen molar-refractivity contribution in [3.63, 3.8) is 0 Å². The van der Waals surface area contributed by atoms with Gasteiger partial charge in [0.15, 0.2) is 0 Å². The van der Waals surface area contributed by atoms with E-state index in [9.17, 15) is 17.2 Å². The molecule has 0 amide bonds. The van der Waals surface area contributed by atoms with E-state index < -0.39 is 26.6 Å². The van der Waals surface area contributed by atoms with Crippen LogP contribution in [0.15, 0.2) is 34.4 Å². The molecule has 3 aliphatic heterocycles. The zero-order valence-corrected chi connectivity index (χ0v) is 25.0. The number of nitrogens with zero attached hydrogens (tertiary/aromatic N) is 4. The highest BCUT2D eigenvalue weighted by atomic mass is 35.5. The molecular formula is C27H43BClF2N5O2S. The van der Waals surface area contributed by atoms with Gasteiger partial charge in [-0.3, -0.25) is 15.3 Å². The van der Waals surface area contributed by atoms with E-state index in [-0.39, 0.29) is 42.5 Å². The van der Waals surface area contributed by atoms with Crippen molar-refractivity contribution in [3.05, 3.63) is 24.3 Å². The molecule has 4 aliphatic rings. The molecule has 12 heteroatoms. The van der Waals surface area contributed by atoms with Crippen LogP contribution < -0.4 is 5.32 Å². The average Bonchev–Trinajstić information content (AvgIpc) is 3.28. The third-order valence-electron chi connectivity index (χ3n) is 8.84. The SMILES string of the molecule is BC1C=NN2C(NCC(CC)CCC=C)CC(C3CCN(S(=O)(=O)C4CC=C(C(C)(F)F)CC4Cl)CC3)=NC12. The minimum Gasteiger partial charge on any atom is -0.295 e. The van der Waals surface area contributed by atoms with E-state index >= 15 is 0 Å². The quantitative estimate of drug-likeness (QED) is 0.224. The summed E-state index contributed by atoms with van der Waals surface area (Å²) in [5, 5.41) is 8.78. The molecule has 4 rings (SSSR count). The van der Waals surface area contributed by atoms with E-state index in [4.69, 9.17) is 16.6 Å². The molecule has 3 heterocycles. The van der Waals surface area contributed by atoms with Crippen LogP contribution in [0.2, 0.25) is 5.82 Å². The second kappa shape index (κ2) is 12.7. The van der Waals surface area contributed by atoms with E-state index in [1.807, 2.05) is 12.3 Å². The number of halogens is 3. The zero-order chi connectivity index (χ0) is 28.4. The molecule has 1 fully saturated rings. The second-order valence-corrected chi connectivity index (χ2v) is 14.3. The maximum atomic E-state index is 13.8. The Bertz CT molecular complexity index is 1070. The highest BCUT2D eigenvalue weighted by Gasteiger charge is 2.44. The van der Waals surface area contributed by atoms with Crippen molar-refractivity contribution in [2.45, 2.75) is 99.9 Å². The Morgan fingerprint density at radius 2 is 2.05 bits per heavy atom. The number of aliphatic imine (C=N–C) groups is 1. The summed E-state index contributed by atoms with van der Waals surface area (Å²) in [5.74, 6) is -1.98. The fourth-order valence-electron chi connectivity index (χ4n) is 6.20. The Morgan fingerprint density at radius 3 is 2.67 bits per heavy atom. The molecule has 0 bridgehead atoms. The van der Waals surface area contributed by atoms with Crippen LogP contribution in [0, 0.1) is 11.8 Å². The highest BCUT2D eigenvalue weighted by Crippen LogP contribution is 2.38. The van der Waals surface area contributed by atoms with Gasteiger partial charge in [0, 0.05) is 44.2 Å². The standard InChI is InChI=1S/C27H43BClF2N5O2S/c1-4-6-7-18(5-2)16-32-25-15-23(34-26-21(28)17-33-36(25)26)19-10-12-35(13-11-19)39(37,38)24-9-8-20(14-22(24)29)27(3,30)31/h4,8,17-19,21-22,24-26,32H,1,5-7,9-16,28H2,2-3H3. The first kappa shape index (κ1) is 30.7. The molecule has 7 nitrogen and oxygen atoms in total. The summed E-state index contributed by atoms with van der Waals surface area (Å²) >= 11 is 6.38. The number of nitrogens with one attached hydrogen (secondary N) is 1. The number of rotatable bonds is 11. The summed E-state index contributed by atoms with van der Waals surface area (Å²) in [7, 11) is -1.56. The van der Waals surface area contributed by atoms with Crippen molar-refractivity contribution < 1.29 is 17.2 Å². The number of hydrazone groups is 1. The Labute approximate surface area is 238 Å². The van der Waals surface area contributed by atoms with E-state index in [2.05, 4.69) is 36.8 Å². The van der Waals surface area contributed by atoms with E-state index in [1.165, 1.54) is 10.4 Å². The van der Waals surface area contributed by atoms with Gasteiger partial charge in [0.1, 0.15) is 20.2 Å². The average molecular weight is 586 g/mol. The van der Waals surface area contributed by atoms with Crippen LogP contribution in [0.1, 0.15) is 65.2 Å². The molecule has 0 spiro atoms. The van der Waals surface area contributed by atoms with E-state index in [0.717, 1.165) is 44.9 Å². The zero-order valence-electron chi connectivity index (χ0n) is 23.4. The number of hydrogen-bond acceptors (Lipinski definition) is 6. The molecule has 0 saturated carbocycles. The number of fused-ring (bicyclic) bond motifs is 1.